The topological polar surface area (TPSA) is 41.6 Å². The number of carbonyl (C=O) groups excluding carboxylic acids is 1. The lowest BCUT2D eigenvalue weighted by Crippen LogP contribution is -2.41. The van der Waals surface area contributed by atoms with E-state index < -0.39 is 0 Å². The van der Waals surface area contributed by atoms with E-state index in [0.717, 1.165) is 31.5 Å². The molecule has 1 atom stereocenters. The van der Waals surface area contributed by atoms with Crippen LogP contribution in [-0.4, -0.2) is 49.2 Å². The maximum absolute atomic E-state index is 11.9. The first-order valence-electron chi connectivity index (χ1n) is 7.88. The van der Waals surface area contributed by atoms with Crippen LogP contribution in [0.3, 0.4) is 0 Å². The van der Waals surface area contributed by atoms with Crippen molar-refractivity contribution in [2.75, 3.05) is 26.2 Å². The smallest absolute Gasteiger partial charge is 0.323 e. The second-order valence-electron chi connectivity index (χ2n) is 5.82. The molecule has 2 fully saturated rings. The molecule has 0 aromatic rings. The number of likely N-dealkylation sites (N-methyl/N-ethyl adjacent to an activating group) is 1. The minimum Gasteiger partial charge on any atom is -0.465 e. The van der Waals surface area contributed by atoms with Gasteiger partial charge in [-0.25, -0.2) is 0 Å². The van der Waals surface area contributed by atoms with Crippen molar-refractivity contribution < 1.29 is 9.53 Å². The standard InChI is InChI=1S/C15H28N2O2/c1-3-16-14(15(18)19-4-2)9-10-17(13-7-8-13)11-12-5-6-12/h12-14,16H,3-11H2,1-2H3. The number of nitrogens with zero attached hydrogens (tertiary/aromatic N) is 1. The number of carbonyl (C=O) groups is 1. The zero-order valence-corrected chi connectivity index (χ0v) is 12.4. The lowest BCUT2D eigenvalue weighted by Gasteiger charge is -2.24. The molecule has 2 saturated carbocycles. The van der Waals surface area contributed by atoms with Gasteiger partial charge in [0.25, 0.3) is 0 Å². The maximum atomic E-state index is 11.9. The van der Waals surface area contributed by atoms with Gasteiger partial charge in [-0.2, -0.15) is 0 Å². The van der Waals surface area contributed by atoms with Crippen molar-refractivity contribution in [1.29, 1.82) is 0 Å². The predicted octanol–water partition coefficient (Wildman–Crippen LogP) is 1.79. The highest BCUT2D eigenvalue weighted by Gasteiger charge is 2.34. The van der Waals surface area contributed by atoms with Gasteiger partial charge in [-0.15, -0.1) is 0 Å². The molecule has 0 amide bonds. The van der Waals surface area contributed by atoms with Crippen molar-refractivity contribution in [2.24, 2.45) is 5.92 Å². The largest absolute Gasteiger partial charge is 0.465 e. The third-order valence-electron chi connectivity index (χ3n) is 3.98. The zero-order chi connectivity index (χ0) is 13.7. The quantitative estimate of drug-likeness (QED) is 0.613. The van der Waals surface area contributed by atoms with E-state index in [1.807, 2.05) is 13.8 Å². The number of ether oxygens (including phenoxy) is 1. The van der Waals surface area contributed by atoms with Gasteiger partial charge < -0.3 is 15.0 Å². The first-order valence-corrected chi connectivity index (χ1v) is 7.88. The van der Waals surface area contributed by atoms with Crippen molar-refractivity contribution in [3.8, 4) is 0 Å². The minimum atomic E-state index is -0.134. The van der Waals surface area contributed by atoms with E-state index in [0.29, 0.717) is 6.61 Å². The van der Waals surface area contributed by atoms with Gasteiger partial charge in [0.2, 0.25) is 0 Å². The van der Waals surface area contributed by atoms with Gasteiger partial charge in [-0.3, -0.25) is 4.79 Å². The summed E-state index contributed by atoms with van der Waals surface area (Å²) >= 11 is 0. The molecule has 0 aliphatic heterocycles. The first-order chi connectivity index (χ1) is 9.24. The van der Waals surface area contributed by atoms with E-state index in [1.165, 1.54) is 32.2 Å². The summed E-state index contributed by atoms with van der Waals surface area (Å²) in [5.41, 5.74) is 0. The van der Waals surface area contributed by atoms with E-state index in [2.05, 4.69) is 10.2 Å². The molecule has 19 heavy (non-hydrogen) atoms. The average Bonchev–Trinajstić information content (AvgIpc) is 3.26. The Balaban J connectivity index is 1.76. The van der Waals surface area contributed by atoms with Crippen LogP contribution in [0.15, 0.2) is 0 Å². The van der Waals surface area contributed by atoms with Gasteiger partial charge in [0.15, 0.2) is 0 Å². The SMILES string of the molecule is CCNC(CCN(CC1CC1)C1CC1)C(=O)OCC. The molecule has 0 heterocycles. The molecule has 1 N–H and O–H groups in total. The second-order valence-corrected chi connectivity index (χ2v) is 5.82. The Hall–Kier alpha value is -0.610. The Kier molecular flexibility index (Phi) is 5.64. The van der Waals surface area contributed by atoms with Crippen LogP contribution in [0.5, 0.6) is 0 Å². The van der Waals surface area contributed by atoms with Crippen LogP contribution < -0.4 is 5.32 Å². The molecule has 0 radical (unpaired) electrons. The summed E-state index contributed by atoms with van der Waals surface area (Å²) in [6, 6.07) is 0.662. The molecule has 0 aromatic carbocycles. The fraction of sp³-hybridized carbons (Fsp3) is 0.933. The molecular weight excluding hydrogens is 240 g/mol. The normalized spacial score (nSPS) is 20.6. The van der Waals surface area contributed by atoms with Gasteiger partial charge in [-0.1, -0.05) is 6.92 Å². The van der Waals surface area contributed by atoms with Crippen LogP contribution >= 0.6 is 0 Å². The zero-order valence-electron chi connectivity index (χ0n) is 12.4. The molecule has 110 valence electrons. The molecule has 2 rings (SSSR count). The van der Waals surface area contributed by atoms with E-state index in [4.69, 9.17) is 4.74 Å². The van der Waals surface area contributed by atoms with Crippen molar-refractivity contribution in [3.05, 3.63) is 0 Å². The van der Waals surface area contributed by atoms with E-state index in [9.17, 15) is 4.79 Å². The molecular formula is C15H28N2O2. The van der Waals surface area contributed by atoms with Crippen molar-refractivity contribution in [3.63, 3.8) is 0 Å². The Morgan fingerprint density at radius 1 is 1.32 bits per heavy atom. The second kappa shape index (κ2) is 7.25. The van der Waals surface area contributed by atoms with Crippen molar-refractivity contribution in [2.45, 2.75) is 58.0 Å². The van der Waals surface area contributed by atoms with Gasteiger partial charge in [-0.05, 0) is 51.5 Å². The van der Waals surface area contributed by atoms with Crippen LogP contribution in [-0.2, 0) is 9.53 Å². The molecule has 4 heteroatoms. The van der Waals surface area contributed by atoms with Gasteiger partial charge in [0, 0.05) is 19.1 Å². The molecule has 0 bridgehead atoms. The number of nitrogens with one attached hydrogen (secondary N) is 1. The summed E-state index contributed by atoms with van der Waals surface area (Å²) in [6.45, 7) is 7.45. The third kappa shape index (κ3) is 5.11. The van der Waals surface area contributed by atoms with E-state index >= 15 is 0 Å². The van der Waals surface area contributed by atoms with Crippen LogP contribution in [0.25, 0.3) is 0 Å². The summed E-state index contributed by atoms with van der Waals surface area (Å²) < 4.78 is 5.14. The average molecular weight is 268 g/mol. The summed E-state index contributed by atoms with van der Waals surface area (Å²) in [6.07, 6.45) is 6.36. The Morgan fingerprint density at radius 2 is 2.05 bits per heavy atom. The number of hydrogen-bond acceptors (Lipinski definition) is 4. The first kappa shape index (κ1) is 14.8. The highest BCUT2D eigenvalue weighted by Crippen LogP contribution is 2.34. The number of rotatable bonds is 10. The molecule has 2 aliphatic carbocycles. The fourth-order valence-corrected chi connectivity index (χ4v) is 2.58. The molecule has 0 saturated heterocycles. The molecule has 1 unspecified atom stereocenters. The van der Waals surface area contributed by atoms with Crippen LogP contribution in [0.4, 0.5) is 0 Å². The maximum Gasteiger partial charge on any atom is 0.323 e. The van der Waals surface area contributed by atoms with Gasteiger partial charge in [0.05, 0.1) is 6.61 Å². The third-order valence-corrected chi connectivity index (χ3v) is 3.98. The van der Waals surface area contributed by atoms with E-state index in [1.54, 1.807) is 0 Å². The summed E-state index contributed by atoms with van der Waals surface area (Å²) in [5.74, 6) is 0.840. The molecule has 2 aliphatic rings. The molecule has 4 nitrogen and oxygen atoms in total. The van der Waals surface area contributed by atoms with Crippen LogP contribution in [0, 0.1) is 5.92 Å². The summed E-state index contributed by atoms with van der Waals surface area (Å²) in [4.78, 5) is 14.5. The number of esters is 1. The minimum absolute atomic E-state index is 0.0912. The lowest BCUT2D eigenvalue weighted by molar-refractivity contribution is -0.145. The fourth-order valence-electron chi connectivity index (χ4n) is 2.58. The van der Waals surface area contributed by atoms with Gasteiger partial charge >= 0.3 is 5.97 Å². The van der Waals surface area contributed by atoms with E-state index in [-0.39, 0.29) is 12.0 Å². The Morgan fingerprint density at radius 3 is 2.58 bits per heavy atom. The Labute approximate surface area is 116 Å². The summed E-state index contributed by atoms with van der Waals surface area (Å²) in [5, 5.41) is 3.25. The Bertz CT molecular complexity index is 288. The van der Waals surface area contributed by atoms with Crippen LogP contribution in [0.1, 0.15) is 46.0 Å². The highest BCUT2D eigenvalue weighted by molar-refractivity contribution is 5.75. The molecule has 0 aromatic heterocycles. The van der Waals surface area contributed by atoms with Crippen LogP contribution in [0.2, 0.25) is 0 Å². The van der Waals surface area contributed by atoms with Crippen molar-refractivity contribution >= 4 is 5.97 Å². The highest BCUT2D eigenvalue weighted by atomic mass is 16.5. The summed E-state index contributed by atoms with van der Waals surface area (Å²) in [7, 11) is 0. The lowest BCUT2D eigenvalue weighted by atomic mass is 10.2. The number of hydrogen-bond donors (Lipinski definition) is 1. The predicted molar refractivity (Wildman–Crippen MR) is 76.0 cm³/mol. The van der Waals surface area contributed by atoms with Crippen molar-refractivity contribution in [1.82, 2.24) is 10.2 Å². The molecule has 0 spiro atoms. The van der Waals surface area contributed by atoms with Gasteiger partial charge in [0.1, 0.15) is 6.04 Å². The monoisotopic (exact) mass is 268 g/mol.